The van der Waals surface area contributed by atoms with E-state index >= 15 is 0 Å². The van der Waals surface area contributed by atoms with Gasteiger partial charge in [-0.2, -0.15) is 0 Å². The van der Waals surface area contributed by atoms with Crippen LogP contribution in [-0.2, 0) is 6.54 Å². The second kappa shape index (κ2) is 12.2. The van der Waals surface area contributed by atoms with Gasteiger partial charge in [0.2, 0.25) is 0 Å². The molecule has 0 aliphatic heterocycles. The van der Waals surface area contributed by atoms with Crippen LogP contribution in [0.4, 0.5) is 0 Å². The average Bonchev–Trinajstić information content (AvgIpc) is 2.59. The molecule has 0 fully saturated rings. The molecule has 2 rings (SSSR count). The van der Waals surface area contributed by atoms with E-state index in [0.717, 1.165) is 30.4 Å². The summed E-state index contributed by atoms with van der Waals surface area (Å²) in [7, 11) is 1.78. The Kier molecular flexibility index (Phi) is 10.5. The summed E-state index contributed by atoms with van der Waals surface area (Å²) >= 11 is 1.88. The number of halogens is 1. The molecule has 4 nitrogen and oxygen atoms in total. The third-order valence-corrected chi connectivity index (χ3v) is 4.11. The minimum atomic E-state index is 0. The second-order valence-electron chi connectivity index (χ2n) is 4.69. The fourth-order valence-electron chi connectivity index (χ4n) is 1.88. The number of benzene rings is 1. The van der Waals surface area contributed by atoms with Crippen molar-refractivity contribution >= 4 is 41.7 Å². The zero-order valence-electron chi connectivity index (χ0n) is 13.2. The Bertz CT molecular complexity index is 563. The van der Waals surface area contributed by atoms with Crippen LogP contribution in [0.3, 0.4) is 0 Å². The Morgan fingerprint density at radius 1 is 1.09 bits per heavy atom. The molecule has 0 amide bonds. The van der Waals surface area contributed by atoms with Crippen molar-refractivity contribution in [2.75, 3.05) is 19.3 Å². The van der Waals surface area contributed by atoms with E-state index in [1.54, 1.807) is 13.2 Å². The van der Waals surface area contributed by atoms with Crippen molar-refractivity contribution in [3.05, 3.63) is 60.4 Å². The Hall–Kier alpha value is -1.28. The molecule has 6 heteroatoms. The first-order valence-corrected chi connectivity index (χ1v) is 8.39. The Labute approximate surface area is 159 Å². The van der Waals surface area contributed by atoms with E-state index in [4.69, 9.17) is 0 Å². The summed E-state index contributed by atoms with van der Waals surface area (Å²) in [5, 5.41) is 6.59. The van der Waals surface area contributed by atoms with Gasteiger partial charge in [-0.1, -0.05) is 24.3 Å². The smallest absolute Gasteiger partial charge is 0.191 e. The number of aliphatic imine (C=N–C) groups is 1. The molecule has 2 aromatic rings. The molecule has 2 N–H and O–H groups in total. The van der Waals surface area contributed by atoms with E-state index < -0.39 is 0 Å². The summed E-state index contributed by atoms with van der Waals surface area (Å²) in [4.78, 5) is 9.82. The van der Waals surface area contributed by atoms with Crippen LogP contribution in [0.15, 0.2) is 64.6 Å². The Morgan fingerprint density at radius 3 is 2.57 bits per heavy atom. The highest BCUT2D eigenvalue weighted by molar-refractivity contribution is 14.0. The lowest BCUT2D eigenvalue weighted by atomic mass is 10.3. The molecule has 124 valence electrons. The maximum absolute atomic E-state index is 4.28. The van der Waals surface area contributed by atoms with Gasteiger partial charge >= 0.3 is 0 Å². The van der Waals surface area contributed by atoms with Gasteiger partial charge in [0.15, 0.2) is 5.96 Å². The number of pyridine rings is 1. The highest BCUT2D eigenvalue weighted by Gasteiger charge is 1.98. The van der Waals surface area contributed by atoms with Crippen molar-refractivity contribution in [1.29, 1.82) is 0 Å². The standard InChI is InChI=1S/C17H22N4S.HI/c1-18-17(21-14-15-8-5-6-11-19-15)20-12-7-13-22-16-9-3-2-4-10-16;/h2-6,8-11H,7,12-14H2,1H3,(H2,18,20,21);1H. The molecule has 1 aromatic carbocycles. The minimum Gasteiger partial charge on any atom is -0.356 e. The van der Waals surface area contributed by atoms with Crippen LogP contribution in [0, 0.1) is 0 Å². The van der Waals surface area contributed by atoms with Crippen molar-refractivity contribution in [3.8, 4) is 0 Å². The summed E-state index contributed by atoms with van der Waals surface area (Å²) in [6, 6.07) is 16.4. The lowest BCUT2D eigenvalue weighted by Crippen LogP contribution is -2.37. The van der Waals surface area contributed by atoms with Gasteiger partial charge < -0.3 is 10.6 Å². The number of nitrogens with zero attached hydrogens (tertiary/aromatic N) is 2. The van der Waals surface area contributed by atoms with Crippen LogP contribution in [0.25, 0.3) is 0 Å². The molecule has 1 aromatic heterocycles. The fraction of sp³-hybridized carbons (Fsp3) is 0.294. The van der Waals surface area contributed by atoms with Crippen molar-refractivity contribution in [3.63, 3.8) is 0 Å². The van der Waals surface area contributed by atoms with E-state index in [-0.39, 0.29) is 24.0 Å². The molecule has 0 bridgehead atoms. The molecule has 1 heterocycles. The van der Waals surface area contributed by atoms with Gasteiger partial charge in [-0.05, 0) is 36.4 Å². The molecule has 0 spiro atoms. The highest BCUT2D eigenvalue weighted by Crippen LogP contribution is 2.17. The first kappa shape index (κ1) is 19.8. The topological polar surface area (TPSA) is 49.3 Å². The predicted octanol–water partition coefficient (Wildman–Crippen LogP) is 3.55. The van der Waals surface area contributed by atoms with Crippen LogP contribution in [0.1, 0.15) is 12.1 Å². The van der Waals surface area contributed by atoms with E-state index in [1.165, 1.54) is 4.90 Å². The monoisotopic (exact) mass is 442 g/mol. The van der Waals surface area contributed by atoms with Gasteiger partial charge in [0.05, 0.1) is 12.2 Å². The van der Waals surface area contributed by atoms with Gasteiger partial charge in [0, 0.05) is 24.7 Å². The van der Waals surface area contributed by atoms with Gasteiger partial charge in [-0.3, -0.25) is 9.98 Å². The van der Waals surface area contributed by atoms with Crippen molar-refractivity contribution in [2.24, 2.45) is 4.99 Å². The number of hydrogen-bond acceptors (Lipinski definition) is 3. The molecule has 0 saturated heterocycles. The molecular weight excluding hydrogens is 419 g/mol. The second-order valence-corrected chi connectivity index (χ2v) is 5.86. The van der Waals surface area contributed by atoms with Crippen molar-refractivity contribution in [1.82, 2.24) is 15.6 Å². The third kappa shape index (κ3) is 8.22. The SMILES string of the molecule is CN=C(NCCCSc1ccccc1)NCc1ccccn1.I. The number of hydrogen-bond donors (Lipinski definition) is 2. The predicted molar refractivity (Wildman–Crippen MR) is 110 cm³/mol. The lowest BCUT2D eigenvalue weighted by Gasteiger charge is -2.11. The van der Waals surface area contributed by atoms with E-state index in [0.29, 0.717) is 6.54 Å². The first-order valence-electron chi connectivity index (χ1n) is 7.41. The zero-order chi connectivity index (χ0) is 15.5. The maximum atomic E-state index is 4.28. The normalized spacial score (nSPS) is 10.7. The Balaban J connectivity index is 0.00000264. The number of nitrogens with one attached hydrogen (secondary N) is 2. The molecule has 0 aliphatic carbocycles. The number of rotatable bonds is 7. The molecule has 0 atom stereocenters. The third-order valence-electron chi connectivity index (χ3n) is 3.01. The Morgan fingerprint density at radius 2 is 1.87 bits per heavy atom. The molecule has 0 unspecified atom stereocenters. The first-order chi connectivity index (χ1) is 10.9. The average molecular weight is 442 g/mol. The molecule has 0 radical (unpaired) electrons. The molecule has 0 saturated carbocycles. The quantitative estimate of drug-likeness (QED) is 0.227. The number of guanidine groups is 1. The minimum absolute atomic E-state index is 0. The molecule has 23 heavy (non-hydrogen) atoms. The van der Waals surface area contributed by atoms with Gasteiger partial charge in [-0.15, -0.1) is 35.7 Å². The van der Waals surface area contributed by atoms with Gasteiger partial charge in [0.25, 0.3) is 0 Å². The summed E-state index contributed by atoms with van der Waals surface area (Å²) in [6.07, 6.45) is 2.89. The summed E-state index contributed by atoms with van der Waals surface area (Å²) in [5.74, 6) is 1.91. The van der Waals surface area contributed by atoms with Gasteiger partial charge in [-0.25, -0.2) is 0 Å². The summed E-state index contributed by atoms with van der Waals surface area (Å²) in [5.41, 5.74) is 1.00. The van der Waals surface area contributed by atoms with Crippen LogP contribution >= 0.6 is 35.7 Å². The van der Waals surface area contributed by atoms with Crippen LogP contribution in [-0.4, -0.2) is 30.3 Å². The fourth-order valence-corrected chi connectivity index (χ4v) is 2.76. The number of thioether (sulfide) groups is 1. The number of aromatic nitrogens is 1. The van der Waals surface area contributed by atoms with Crippen molar-refractivity contribution < 1.29 is 0 Å². The lowest BCUT2D eigenvalue weighted by molar-refractivity contribution is 0.776. The van der Waals surface area contributed by atoms with Crippen LogP contribution < -0.4 is 10.6 Å². The maximum Gasteiger partial charge on any atom is 0.191 e. The van der Waals surface area contributed by atoms with Gasteiger partial charge in [0.1, 0.15) is 0 Å². The largest absolute Gasteiger partial charge is 0.356 e. The van der Waals surface area contributed by atoms with Crippen molar-refractivity contribution in [2.45, 2.75) is 17.9 Å². The molecule has 0 aliphatic rings. The van der Waals surface area contributed by atoms with E-state index in [9.17, 15) is 0 Å². The van der Waals surface area contributed by atoms with E-state index in [2.05, 4.69) is 44.9 Å². The summed E-state index contributed by atoms with van der Waals surface area (Å²) in [6.45, 7) is 1.58. The van der Waals surface area contributed by atoms with E-state index in [1.807, 2.05) is 36.0 Å². The molecular formula is C17H23IN4S. The highest BCUT2D eigenvalue weighted by atomic mass is 127. The van der Waals surface area contributed by atoms with Crippen LogP contribution in [0.5, 0.6) is 0 Å². The zero-order valence-corrected chi connectivity index (χ0v) is 16.4. The van der Waals surface area contributed by atoms with Crippen LogP contribution in [0.2, 0.25) is 0 Å². The summed E-state index contributed by atoms with van der Waals surface area (Å²) < 4.78 is 0.